The first-order valence-corrected chi connectivity index (χ1v) is 8.73. The van der Waals surface area contributed by atoms with Crippen molar-refractivity contribution in [1.29, 1.82) is 0 Å². The minimum absolute atomic E-state index is 0.133. The Morgan fingerprint density at radius 1 is 0.957 bits per heavy atom. The van der Waals surface area contributed by atoms with Crippen molar-refractivity contribution in [1.82, 2.24) is 0 Å². The van der Waals surface area contributed by atoms with E-state index in [0.29, 0.717) is 0 Å². The molecule has 122 valence electrons. The van der Waals surface area contributed by atoms with Gasteiger partial charge in [-0.15, -0.1) is 0 Å². The smallest absolute Gasteiger partial charge is 0.297 e. The molecule has 1 aliphatic rings. The van der Waals surface area contributed by atoms with Gasteiger partial charge in [0.1, 0.15) is 6.10 Å². The summed E-state index contributed by atoms with van der Waals surface area (Å²) >= 11 is 0. The zero-order valence-corrected chi connectivity index (χ0v) is 13.5. The van der Waals surface area contributed by atoms with Gasteiger partial charge in [0.25, 0.3) is 10.1 Å². The monoisotopic (exact) mass is 334 g/mol. The Labute approximate surface area is 135 Å². The van der Waals surface area contributed by atoms with Gasteiger partial charge in [0, 0.05) is 5.56 Å². The second kappa shape index (κ2) is 6.80. The molecule has 0 atom stereocenters. The first kappa shape index (κ1) is 16.1. The maximum atomic E-state index is 12.2. The maximum absolute atomic E-state index is 12.2. The van der Waals surface area contributed by atoms with Crippen molar-refractivity contribution in [3.8, 4) is 0 Å². The molecule has 1 fully saturated rings. The summed E-state index contributed by atoms with van der Waals surface area (Å²) in [4.78, 5) is 0.133. The van der Waals surface area contributed by atoms with E-state index in [4.69, 9.17) is 13.7 Å². The molecule has 0 unspecified atom stereocenters. The highest BCUT2D eigenvalue weighted by Gasteiger charge is 2.28. The van der Waals surface area contributed by atoms with Crippen molar-refractivity contribution in [3.63, 3.8) is 0 Å². The van der Waals surface area contributed by atoms with E-state index >= 15 is 0 Å². The lowest BCUT2D eigenvalue weighted by molar-refractivity contribution is -0.215. The molecule has 6 heteroatoms. The molecule has 0 spiro atoms. The molecule has 2 aromatic rings. The summed E-state index contributed by atoms with van der Waals surface area (Å²) in [6, 6.07) is 16.0. The summed E-state index contributed by atoms with van der Waals surface area (Å²) < 4.78 is 40.8. The highest BCUT2D eigenvalue weighted by atomic mass is 32.2. The Kier molecular flexibility index (Phi) is 4.77. The van der Waals surface area contributed by atoms with E-state index in [1.807, 2.05) is 37.3 Å². The van der Waals surface area contributed by atoms with Crippen molar-refractivity contribution in [2.75, 3.05) is 13.2 Å². The Balaban J connectivity index is 1.61. The van der Waals surface area contributed by atoms with Crippen LogP contribution in [0, 0.1) is 6.92 Å². The van der Waals surface area contributed by atoms with Crippen molar-refractivity contribution in [2.45, 2.75) is 24.2 Å². The van der Waals surface area contributed by atoms with Gasteiger partial charge in [0.05, 0.1) is 18.1 Å². The standard InChI is InChI=1S/C17H18O5S/c1-13-7-9-16(10-8-13)23(18,19)22-15-11-20-17(21-12-15)14-5-3-2-4-6-14/h2-10,15,17H,11-12H2,1H3/t15-,17-. The molecule has 1 saturated heterocycles. The summed E-state index contributed by atoms with van der Waals surface area (Å²) in [5.74, 6) is 0. The van der Waals surface area contributed by atoms with E-state index in [9.17, 15) is 8.42 Å². The third-order valence-corrected chi connectivity index (χ3v) is 4.89. The summed E-state index contributed by atoms with van der Waals surface area (Å²) in [5, 5.41) is 0. The fourth-order valence-electron chi connectivity index (χ4n) is 2.28. The van der Waals surface area contributed by atoms with E-state index in [-0.39, 0.29) is 18.1 Å². The molecule has 0 aliphatic carbocycles. The average molecular weight is 334 g/mol. The van der Waals surface area contributed by atoms with Crippen LogP contribution in [0.15, 0.2) is 59.5 Å². The van der Waals surface area contributed by atoms with Crippen LogP contribution in [0.5, 0.6) is 0 Å². The van der Waals surface area contributed by atoms with Gasteiger partial charge in [-0.1, -0.05) is 48.0 Å². The number of ether oxygens (including phenoxy) is 2. The molecule has 0 aromatic heterocycles. The molecule has 23 heavy (non-hydrogen) atoms. The highest BCUT2D eigenvalue weighted by molar-refractivity contribution is 7.86. The summed E-state index contributed by atoms with van der Waals surface area (Å²) in [5.41, 5.74) is 1.88. The summed E-state index contributed by atoms with van der Waals surface area (Å²) in [6.07, 6.45) is -1.14. The summed E-state index contributed by atoms with van der Waals surface area (Å²) in [6.45, 7) is 2.21. The predicted octanol–water partition coefficient (Wildman–Crippen LogP) is 2.81. The molecule has 1 aliphatic heterocycles. The second-order valence-electron chi connectivity index (χ2n) is 5.39. The number of hydrogen-bond donors (Lipinski definition) is 0. The van der Waals surface area contributed by atoms with Gasteiger partial charge in [-0.3, -0.25) is 4.18 Å². The first-order chi connectivity index (χ1) is 11.0. The fraction of sp³-hybridized carbons (Fsp3) is 0.294. The van der Waals surface area contributed by atoms with E-state index in [0.717, 1.165) is 11.1 Å². The van der Waals surface area contributed by atoms with Crippen LogP contribution in [0.4, 0.5) is 0 Å². The molecule has 0 N–H and O–H groups in total. The molecule has 3 rings (SSSR count). The highest BCUT2D eigenvalue weighted by Crippen LogP contribution is 2.25. The molecule has 2 aromatic carbocycles. The maximum Gasteiger partial charge on any atom is 0.297 e. The van der Waals surface area contributed by atoms with Crippen molar-refractivity contribution in [3.05, 3.63) is 65.7 Å². The predicted molar refractivity (Wildman–Crippen MR) is 84.3 cm³/mol. The van der Waals surface area contributed by atoms with Crippen LogP contribution < -0.4 is 0 Å². The fourth-order valence-corrected chi connectivity index (χ4v) is 3.33. The number of hydrogen-bond acceptors (Lipinski definition) is 5. The molecular weight excluding hydrogens is 316 g/mol. The third-order valence-electron chi connectivity index (χ3n) is 3.51. The van der Waals surface area contributed by atoms with E-state index in [1.54, 1.807) is 12.1 Å². The first-order valence-electron chi connectivity index (χ1n) is 7.33. The molecule has 5 nitrogen and oxygen atoms in total. The Morgan fingerprint density at radius 2 is 1.57 bits per heavy atom. The molecule has 1 heterocycles. The van der Waals surface area contributed by atoms with Gasteiger partial charge < -0.3 is 9.47 Å². The average Bonchev–Trinajstić information content (AvgIpc) is 2.56. The van der Waals surface area contributed by atoms with Gasteiger partial charge in [0.15, 0.2) is 6.29 Å². The minimum Gasteiger partial charge on any atom is -0.346 e. The van der Waals surface area contributed by atoms with E-state index in [1.165, 1.54) is 12.1 Å². The van der Waals surface area contributed by atoms with Gasteiger partial charge in [-0.25, -0.2) is 0 Å². The zero-order valence-electron chi connectivity index (χ0n) is 12.7. The number of aryl methyl sites for hydroxylation is 1. The lowest BCUT2D eigenvalue weighted by atomic mass is 10.2. The van der Waals surface area contributed by atoms with Crippen LogP contribution in [-0.4, -0.2) is 27.7 Å². The largest absolute Gasteiger partial charge is 0.346 e. The Hall–Kier alpha value is -1.73. The topological polar surface area (TPSA) is 61.8 Å². The van der Waals surface area contributed by atoms with Crippen LogP contribution in [0.3, 0.4) is 0 Å². The molecule has 0 bridgehead atoms. The lowest BCUT2D eigenvalue weighted by Crippen LogP contribution is -2.35. The van der Waals surface area contributed by atoms with Crippen molar-refractivity contribution in [2.24, 2.45) is 0 Å². The normalized spacial score (nSPS) is 22.0. The second-order valence-corrected chi connectivity index (χ2v) is 6.97. The zero-order chi connectivity index (χ0) is 16.3. The van der Waals surface area contributed by atoms with Crippen LogP contribution in [0.1, 0.15) is 17.4 Å². The van der Waals surface area contributed by atoms with Crippen molar-refractivity contribution >= 4 is 10.1 Å². The molecule has 0 saturated carbocycles. The van der Waals surface area contributed by atoms with Crippen LogP contribution in [0.2, 0.25) is 0 Å². The quantitative estimate of drug-likeness (QED) is 0.805. The lowest BCUT2D eigenvalue weighted by Gasteiger charge is -2.29. The minimum atomic E-state index is -3.82. The number of benzene rings is 2. The SMILES string of the molecule is Cc1ccc(S(=O)(=O)O[C@H]2CO[C@H](c3ccccc3)OC2)cc1. The van der Waals surface area contributed by atoms with Crippen LogP contribution in [0.25, 0.3) is 0 Å². The molecular formula is C17H18O5S. The van der Waals surface area contributed by atoms with Gasteiger partial charge in [-0.2, -0.15) is 8.42 Å². The Bertz CT molecular complexity index is 732. The Morgan fingerprint density at radius 3 is 2.17 bits per heavy atom. The van der Waals surface area contributed by atoms with Crippen molar-refractivity contribution < 1.29 is 22.1 Å². The molecule has 0 radical (unpaired) electrons. The van der Waals surface area contributed by atoms with Gasteiger partial charge in [-0.05, 0) is 19.1 Å². The summed E-state index contributed by atoms with van der Waals surface area (Å²) in [7, 11) is -3.82. The van der Waals surface area contributed by atoms with E-state index in [2.05, 4.69) is 0 Å². The van der Waals surface area contributed by atoms with E-state index < -0.39 is 22.5 Å². The number of rotatable bonds is 4. The van der Waals surface area contributed by atoms with Crippen LogP contribution >= 0.6 is 0 Å². The van der Waals surface area contributed by atoms with Gasteiger partial charge in [0.2, 0.25) is 0 Å². The van der Waals surface area contributed by atoms with Gasteiger partial charge >= 0.3 is 0 Å². The van der Waals surface area contributed by atoms with Crippen LogP contribution in [-0.2, 0) is 23.8 Å². The third kappa shape index (κ3) is 3.97. The molecule has 0 amide bonds.